The first kappa shape index (κ1) is 7.77. The van der Waals surface area contributed by atoms with Gasteiger partial charge in [-0.3, -0.25) is 0 Å². The zero-order valence-corrected chi connectivity index (χ0v) is 6.95. The summed E-state index contributed by atoms with van der Waals surface area (Å²) in [4.78, 5) is 16.6. The van der Waals surface area contributed by atoms with E-state index in [1.807, 2.05) is 30.5 Å². The second-order valence-electron chi connectivity index (χ2n) is 2.77. The number of carbonyl (C=O) groups excluding carboxylic acids is 1. The Labute approximate surface area is 75.1 Å². The van der Waals surface area contributed by atoms with Crippen LogP contribution in [-0.4, -0.2) is 11.1 Å². The highest BCUT2D eigenvalue weighted by molar-refractivity contribution is 5.83. The Morgan fingerprint density at radius 2 is 2.23 bits per heavy atom. The quantitative estimate of drug-likeness (QED) is 0.546. The molecule has 1 heterocycles. The number of H-pyrrole nitrogens is 1. The molecule has 0 aliphatic rings. The van der Waals surface area contributed by atoms with Crippen LogP contribution in [0.4, 0.5) is 0 Å². The van der Waals surface area contributed by atoms with Gasteiger partial charge in [-0.15, -0.1) is 0 Å². The molecule has 0 saturated carbocycles. The summed E-state index contributed by atoms with van der Waals surface area (Å²) >= 11 is 0. The third-order valence-electron chi connectivity index (χ3n) is 1.99. The molecular formula is C10H8N2O. The topological polar surface area (TPSA) is 45.2 Å². The van der Waals surface area contributed by atoms with E-state index in [0.29, 0.717) is 6.54 Å². The summed E-state index contributed by atoms with van der Waals surface area (Å²) in [5.41, 5.74) is 2.09. The normalized spacial score (nSPS) is 9.85. The van der Waals surface area contributed by atoms with Crippen LogP contribution in [0.5, 0.6) is 0 Å². The van der Waals surface area contributed by atoms with Gasteiger partial charge < -0.3 is 4.98 Å². The van der Waals surface area contributed by atoms with E-state index < -0.39 is 0 Å². The van der Waals surface area contributed by atoms with Crippen LogP contribution >= 0.6 is 0 Å². The van der Waals surface area contributed by atoms with Crippen LogP contribution < -0.4 is 0 Å². The van der Waals surface area contributed by atoms with E-state index in [4.69, 9.17) is 0 Å². The maximum atomic E-state index is 9.93. The molecule has 0 saturated heterocycles. The van der Waals surface area contributed by atoms with Gasteiger partial charge in [-0.05, 0) is 11.6 Å². The summed E-state index contributed by atoms with van der Waals surface area (Å²) in [7, 11) is 0. The SMILES string of the molecule is O=C=NCc1c[nH]c2ccccc12. The Hall–Kier alpha value is -1.86. The van der Waals surface area contributed by atoms with Crippen molar-refractivity contribution in [3.8, 4) is 0 Å². The molecule has 1 aromatic heterocycles. The zero-order chi connectivity index (χ0) is 9.10. The third kappa shape index (κ3) is 1.37. The first-order valence-electron chi connectivity index (χ1n) is 4.00. The van der Waals surface area contributed by atoms with E-state index in [9.17, 15) is 4.79 Å². The number of aromatic nitrogens is 1. The Morgan fingerprint density at radius 3 is 3.08 bits per heavy atom. The van der Waals surface area contributed by atoms with Gasteiger partial charge in [0.05, 0.1) is 6.54 Å². The second-order valence-corrected chi connectivity index (χ2v) is 2.77. The average molecular weight is 172 g/mol. The molecule has 0 aliphatic heterocycles. The summed E-state index contributed by atoms with van der Waals surface area (Å²) < 4.78 is 0. The van der Waals surface area contributed by atoms with E-state index in [-0.39, 0.29) is 0 Å². The van der Waals surface area contributed by atoms with Crippen molar-refractivity contribution in [3.63, 3.8) is 0 Å². The predicted molar refractivity (Wildman–Crippen MR) is 50.1 cm³/mol. The largest absolute Gasteiger partial charge is 0.361 e. The van der Waals surface area contributed by atoms with Crippen molar-refractivity contribution in [1.29, 1.82) is 0 Å². The minimum absolute atomic E-state index is 0.396. The highest BCUT2D eigenvalue weighted by Crippen LogP contribution is 2.17. The van der Waals surface area contributed by atoms with Gasteiger partial charge in [-0.2, -0.15) is 0 Å². The fraction of sp³-hybridized carbons (Fsp3) is 0.100. The van der Waals surface area contributed by atoms with Gasteiger partial charge in [0.1, 0.15) is 0 Å². The minimum Gasteiger partial charge on any atom is -0.361 e. The summed E-state index contributed by atoms with van der Waals surface area (Å²) in [6.07, 6.45) is 3.40. The van der Waals surface area contributed by atoms with E-state index in [1.54, 1.807) is 0 Å². The Balaban J connectivity index is 2.51. The van der Waals surface area contributed by atoms with Crippen LogP contribution in [0, 0.1) is 0 Å². The lowest BCUT2D eigenvalue weighted by atomic mass is 10.2. The van der Waals surface area contributed by atoms with Crippen LogP contribution in [0.25, 0.3) is 10.9 Å². The van der Waals surface area contributed by atoms with E-state index in [2.05, 4.69) is 9.98 Å². The van der Waals surface area contributed by atoms with Crippen molar-refractivity contribution < 1.29 is 4.79 Å². The van der Waals surface area contributed by atoms with E-state index >= 15 is 0 Å². The minimum atomic E-state index is 0.396. The first-order valence-corrected chi connectivity index (χ1v) is 4.00. The number of aliphatic imine (C=N–C) groups is 1. The van der Waals surface area contributed by atoms with Crippen molar-refractivity contribution in [1.82, 2.24) is 4.98 Å². The van der Waals surface area contributed by atoms with Crippen LogP contribution in [0.3, 0.4) is 0 Å². The zero-order valence-electron chi connectivity index (χ0n) is 6.95. The molecule has 3 heteroatoms. The Kier molecular flexibility index (Phi) is 1.94. The number of isocyanates is 1. The summed E-state index contributed by atoms with van der Waals surface area (Å²) in [6.45, 7) is 0.396. The molecule has 2 aromatic rings. The maximum Gasteiger partial charge on any atom is 0.235 e. The summed E-state index contributed by atoms with van der Waals surface area (Å²) in [6, 6.07) is 7.92. The first-order chi connectivity index (χ1) is 6.42. The van der Waals surface area contributed by atoms with Crippen LogP contribution in [0.15, 0.2) is 35.5 Å². The Morgan fingerprint density at radius 1 is 1.38 bits per heavy atom. The summed E-state index contributed by atoms with van der Waals surface area (Å²) in [5, 5.41) is 1.11. The van der Waals surface area contributed by atoms with Gasteiger partial charge in [0.15, 0.2) is 0 Å². The molecule has 0 unspecified atom stereocenters. The molecule has 0 aliphatic carbocycles. The highest BCUT2D eigenvalue weighted by Gasteiger charge is 2.00. The molecule has 0 radical (unpaired) electrons. The molecular weight excluding hydrogens is 164 g/mol. The lowest BCUT2D eigenvalue weighted by Crippen LogP contribution is -1.76. The number of nitrogens with zero attached hydrogens (tertiary/aromatic N) is 1. The maximum absolute atomic E-state index is 9.93. The molecule has 3 nitrogen and oxygen atoms in total. The van der Waals surface area contributed by atoms with Gasteiger partial charge in [-0.25, -0.2) is 9.79 Å². The number of hydrogen-bond acceptors (Lipinski definition) is 2. The average Bonchev–Trinajstić information content (AvgIpc) is 2.58. The van der Waals surface area contributed by atoms with Crippen molar-refractivity contribution in [2.24, 2.45) is 4.99 Å². The molecule has 2 rings (SSSR count). The number of rotatable bonds is 2. The van der Waals surface area contributed by atoms with Gasteiger partial charge in [0, 0.05) is 17.1 Å². The lowest BCUT2D eigenvalue weighted by molar-refractivity contribution is 0.563. The third-order valence-corrected chi connectivity index (χ3v) is 1.99. The second kappa shape index (κ2) is 3.25. The monoisotopic (exact) mass is 172 g/mol. The standard InChI is InChI=1S/C10H8N2O/c13-7-11-5-8-6-12-10-4-2-1-3-9(8)10/h1-4,6,12H,5H2. The molecule has 1 N–H and O–H groups in total. The van der Waals surface area contributed by atoms with Gasteiger partial charge in [0.25, 0.3) is 0 Å². The van der Waals surface area contributed by atoms with E-state index in [0.717, 1.165) is 16.5 Å². The fourth-order valence-corrected chi connectivity index (χ4v) is 1.38. The van der Waals surface area contributed by atoms with Crippen molar-refractivity contribution in [2.45, 2.75) is 6.54 Å². The van der Waals surface area contributed by atoms with Crippen LogP contribution in [0.2, 0.25) is 0 Å². The van der Waals surface area contributed by atoms with Crippen molar-refractivity contribution in [3.05, 3.63) is 36.0 Å². The predicted octanol–water partition coefficient (Wildman–Crippen LogP) is 2.00. The number of benzene rings is 1. The van der Waals surface area contributed by atoms with Crippen molar-refractivity contribution in [2.75, 3.05) is 0 Å². The number of aromatic amines is 1. The number of nitrogens with one attached hydrogen (secondary N) is 1. The molecule has 0 amide bonds. The summed E-state index contributed by atoms with van der Waals surface area (Å²) in [5.74, 6) is 0. The molecule has 0 atom stereocenters. The lowest BCUT2D eigenvalue weighted by Gasteiger charge is -1.90. The molecule has 0 bridgehead atoms. The van der Waals surface area contributed by atoms with Gasteiger partial charge >= 0.3 is 0 Å². The van der Waals surface area contributed by atoms with Crippen LogP contribution in [-0.2, 0) is 11.3 Å². The van der Waals surface area contributed by atoms with Crippen LogP contribution in [0.1, 0.15) is 5.56 Å². The molecule has 64 valence electrons. The Bertz CT molecular complexity index is 466. The molecule has 13 heavy (non-hydrogen) atoms. The molecule has 0 fully saturated rings. The highest BCUT2D eigenvalue weighted by atomic mass is 16.1. The van der Waals surface area contributed by atoms with E-state index in [1.165, 1.54) is 6.08 Å². The molecule has 0 spiro atoms. The number of hydrogen-bond donors (Lipinski definition) is 1. The van der Waals surface area contributed by atoms with Crippen molar-refractivity contribution >= 4 is 17.0 Å². The van der Waals surface area contributed by atoms with Gasteiger partial charge in [0.2, 0.25) is 6.08 Å². The smallest absolute Gasteiger partial charge is 0.235 e. The molecule has 1 aromatic carbocycles. The fourth-order valence-electron chi connectivity index (χ4n) is 1.38. The number of fused-ring (bicyclic) bond motifs is 1. The van der Waals surface area contributed by atoms with Gasteiger partial charge in [-0.1, -0.05) is 18.2 Å². The number of para-hydroxylation sites is 1.